The molecule has 12 rings (SSSR count). The van der Waals surface area contributed by atoms with Crippen molar-refractivity contribution in [3.8, 4) is 50.2 Å². The zero-order valence-electron chi connectivity index (χ0n) is 34.4. The molecule has 0 radical (unpaired) electrons. The van der Waals surface area contributed by atoms with Crippen molar-refractivity contribution < 1.29 is 4.42 Å². The van der Waals surface area contributed by atoms with Crippen molar-refractivity contribution in [3.05, 3.63) is 243 Å². The number of furan rings is 1. The molecule has 63 heavy (non-hydrogen) atoms. The van der Waals surface area contributed by atoms with E-state index in [-0.39, 0.29) is 0 Å². The Hall–Kier alpha value is -8.40. The van der Waals surface area contributed by atoms with Crippen molar-refractivity contribution in [2.45, 2.75) is 0 Å². The summed E-state index contributed by atoms with van der Waals surface area (Å²) in [6.45, 7) is 0. The lowest BCUT2D eigenvalue weighted by Gasteiger charge is -2.27. The molecule has 0 aliphatic rings. The second-order valence-electron chi connectivity index (χ2n) is 16.1. The van der Waals surface area contributed by atoms with Gasteiger partial charge in [-0.1, -0.05) is 188 Å². The fourth-order valence-electron chi connectivity index (χ4n) is 9.48. The summed E-state index contributed by atoms with van der Waals surface area (Å²) in [5, 5.41) is 4.56. The Labute approximate surface area is 366 Å². The minimum absolute atomic E-state index is 0.859. The lowest BCUT2D eigenvalue weighted by atomic mass is 9.93. The molecule has 12 aromatic rings. The van der Waals surface area contributed by atoms with Gasteiger partial charge in [-0.3, -0.25) is 0 Å². The maximum absolute atomic E-state index is 6.79. The molecule has 0 saturated carbocycles. The number of benzene rings is 10. The molecule has 3 nitrogen and oxygen atoms in total. The number of hydrogen-bond acceptors (Lipinski definition) is 2. The smallest absolute Gasteiger partial charge is 0.138 e. The molecule has 0 N–H and O–H groups in total. The first kappa shape index (κ1) is 36.5. The van der Waals surface area contributed by atoms with Crippen molar-refractivity contribution in [2.24, 2.45) is 0 Å². The maximum Gasteiger partial charge on any atom is 0.138 e. The Morgan fingerprint density at radius 2 is 0.778 bits per heavy atom. The Bertz CT molecular complexity index is 3470. The third-order valence-electron chi connectivity index (χ3n) is 12.4. The zero-order valence-corrected chi connectivity index (χ0v) is 34.4. The third-order valence-corrected chi connectivity index (χ3v) is 12.4. The predicted octanol–water partition coefficient (Wildman–Crippen LogP) is 16.8. The molecule has 296 valence electrons. The summed E-state index contributed by atoms with van der Waals surface area (Å²) in [6, 6.07) is 87.0. The van der Waals surface area contributed by atoms with Crippen molar-refractivity contribution in [2.75, 3.05) is 4.90 Å². The molecular formula is C60H40N2O. The number of aromatic nitrogens is 1. The summed E-state index contributed by atoms with van der Waals surface area (Å²) in [6.07, 6.45) is 0. The Morgan fingerprint density at radius 1 is 0.333 bits per heavy atom. The highest BCUT2D eigenvalue weighted by molar-refractivity contribution is 6.28. The molecule has 0 fully saturated rings. The second-order valence-corrected chi connectivity index (χ2v) is 16.1. The molecule has 0 bridgehead atoms. The first-order valence-electron chi connectivity index (χ1n) is 21.5. The van der Waals surface area contributed by atoms with Crippen molar-refractivity contribution in [3.63, 3.8) is 0 Å². The van der Waals surface area contributed by atoms with E-state index in [4.69, 9.17) is 4.42 Å². The lowest BCUT2D eigenvalue weighted by Crippen LogP contribution is -2.11. The van der Waals surface area contributed by atoms with E-state index in [1.807, 2.05) is 0 Å². The first-order valence-corrected chi connectivity index (χ1v) is 21.5. The van der Waals surface area contributed by atoms with E-state index in [0.29, 0.717) is 0 Å². The molecular weight excluding hydrogens is 765 g/mol. The van der Waals surface area contributed by atoms with E-state index >= 15 is 0 Å². The highest BCUT2D eigenvalue weighted by Gasteiger charge is 2.26. The molecule has 0 amide bonds. The van der Waals surface area contributed by atoms with Crippen molar-refractivity contribution in [1.82, 2.24) is 4.57 Å². The number of fused-ring (bicyclic) bond motifs is 6. The van der Waals surface area contributed by atoms with Crippen LogP contribution in [0.5, 0.6) is 0 Å². The fraction of sp³-hybridized carbons (Fsp3) is 0. The Kier molecular flexibility index (Phi) is 8.83. The lowest BCUT2D eigenvalue weighted by molar-refractivity contribution is 0.669. The number of nitrogens with zero attached hydrogens (tertiary/aromatic N) is 2. The summed E-state index contributed by atoms with van der Waals surface area (Å²) in [4.78, 5) is 2.41. The van der Waals surface area contributed by atoms with Crippen LogP contribution in [-0.4, -0.2) is 4.57 Å². The van der Waals surface area contributed by atoms with Crippen molar-refractivity contribution in [1.29, 1.82) is 0 Å². The third kappa shape index (κ3) is 6.29. The molecule has 0 atom stereocenters. The average Bonchev–Trinajstić information content (AvgIpc) is 3.91. The highest BCUT2D eigenvalue weighted by Crippen LogP contribution is 2.50. The molecule has 3 heteroatoms. The van der Waals surface area contributed by atoms with Gasteiger partial charge in [0, 0.05) is 50.2 Å². The topological polar surface area (TPSA) is 21.3 Å². The van der Waals surface area contributed by atoms with Gasteiger partial charge in [-0.25, -0.2) is 0 Å². The van der Waals surface area contributed by atoms with Crippen LogP contribution < -0.4 is 4.90 Å². The monoisotopic (exact) mass is 804 g/mol. The van der Waals surface area contributed by atoms with E-state index < -0.39 is 0 Å². The summed E-state index contributed by atoms with van der Waals surface area (Å²) in [7, 11) is 0. The van der Waals surface area contributed by atoms with Gasteiger partial charge in [0.1, 0.15) is 11.2 Å². The Balaban J connectivity index is 1.16. The average molecular weight is 805 g/mol. The highest BCUT2D eigenvalue weighted by atomic mass is 16.3. The summed E-state index contributed by atoms with van der Waals surface area (Å²) in [5.41, 5.74) is 17.6. The molecule has 0 spiro atoms. The molecule has 0 aliphatic heterocycles. The van der Waals surface area contributed by atoms with Gasteiger partial charge in [-0.05, 0) is 87.5 Å². The standard InChI is InChI=1S/C60H40N2O/c1-5-16-41(17-6-1)44-28-30-47(31-29-44)57-58-52-25-15-26-53(60(52)62(48-22-11-4-12-23-48)54(58)40-56-59(57)51-24-13-14-27-55(51)63-56)61(49-36-32-45(33-37-49)42-18-7-2-8-19-42)50-38-34-46(35-39-50)43-20-9-3-10-21-43/h1-40H. The van der Waals surface area contributed by atoms with E-state index in [2.05, 4.69) is 252 Å². The normalized spacial score (nSPS) is 11.5. The molecule has 0 unspecified atom stereocenters. The summed E-state index contributed by atoms with van der Waals surface area (Å²) < 4.78 is 9.23. The number of para-hydroxylation sites is 3. The van der Waals surface area contributed by atoms with E-state index in [0.717, 1.165) is 72.2 Å². The van der Waals surface area contributed by atoms with Crippen LogP contribution in [-0.2, 0) is 0 Å². The minimum Gasteiger partial charge on any atom is -0.456 e. The Morgan fingerprint density at radius 3 is 1.33 bits per heavy atom. The van der Waals surface area contributed by atoms with Crippen molar-refractivity contribution >= 4 is 60.8 Å². The van der Waals surface area contributed by atoms with E-state index in [9.17, 15) is 0 Å². The molecule has 10 aromatic carbocycles. The van der Waals surface area contributed by atoms with Crippen LogP contribution in [0.4, 0.5) is 17.1 Å². The fourth-order valence-corrected chi connectivity index (χ4v) is 9.48. The van der Waals surface area contributed by atoms with Gasteiger partial charge >= 0.3 is 0 Å². The maximum atomic E-state index is 6.79. The van der Waals surface area contributed by atoms with Gasteiger partial charge in [0.05, 0.1) is 16.7 Å². The number of anilines is 3. The molecule has 0 aliphatic carbocycles. The summed E-state index contributed by atoms with van der Waals surface area (Å²) in [5.74, 6) is 0. The number of rotatable bonds is 8. The molecule has 0 saturated heterocycles. The van der Waals surface area contributed by atoms with Gasteiger partial charge in [0.15, 0.2) is 0 Å². The largest absolute Gasteiger partial charge is 0.456 e. The summed E-state index contributed by atoms with van der Waals surface area (Å²) >= 11 is 0. The van der Waals surface area contributed by atoms with Gasteiger partial charge in [0.2, 0.25) is 0 Å². The van der Waals surface area contributed by atoms with Crippen LogP contribution in [0.2, 0.25) is 0 Å². The van der Waals surface area contributed by atoms with Crippen LogP contribution in [0.25, 0.3) is 93.9 Å². The first-order chi connectivity index (χ1) is 31.3. The minimum atomic E-state index is 0.859. The molecule has 2 heterocycles. The van der Waals surface area contributed by atoms with Crippen LogP contribution in [0, 0.1) is 0 Å². The van der Waals surface area contributed by atoms with Gasteiger partial charge in [-0.2, -0.15) is 0 Å². The number of hydrogen-bond donors (Lipinski definition) is 0. The second kappa shape index (κ2) is 15.3. The zero-order chi connectivity index (χ0) is 41.7. The SMILES string of the molecule is c1ccc(-c2ccc(-c3c4c(cc5c3c3cccc(N(c6ccc(-c7ccccc7)cc6)c6ccc(-c7ccccc7)cc6)c3n5-c3ccccc3)oc3ccccc34)cc2)cc1. The van der Waals surface area contributed by atoms with E-state index in [1.165, 1.54) is 38.8 Å². The predicted molar refractivity (Wildman–Crippen MR) is 264 cm³/mol. The van der Waals surface area contributed by atoms with Gasteiger partial charge in [0.25, 0.3) is 0 Å². The van der Waals surface area contributed by atoms with Gasteiger partial charge in [-0.15, -0.1) is 0 Å². The van der Waals surface area contributed by atoms with Crippen LogP contribution >= 0.6 is 0 Å². The van der Waals surface area contributed by atoms with Gasteiger partial charge < -0.3 is 13.9 Å². The van der Waals surface area contributed by atoms with E-state index in [1.54, 1.807) is 0 Å². The van der Waals surface area contributed by atoms with Crippen LogP contribution in [0.15, 0.2) is 247 Å². The molecule has 2 aromatic heterocycles. The van der Waals surface area contributed by atoms with Crippen LogP contribution in [0.3, 0.4) is 0 Å². The quantitative estimate of drug-likeness (QED) is 0.153. The van der Waals surface area contributed by atoms with Crippen LogP contribution in [0.1, 0.15) is 0 Å².